The maximum absolute atomic E-state index is 13.4. The molecule has 10 heteroatoms. The summed E-state index contributed by atoms with van der Waals surface area (Å²) < 4.78 is 44.8. The van der Waals surface area contributed by atoms with Gasteiger partial charge in [0, 0.05) is 10.6 Å². The molecule has 0 atom stereocenters. The normalized spacial score (nSPS) is 13.8. The van der Waals surface area contributed by atoms with Crippen molar-refractivity contribution in [2.24, 2.45) is 0 Å². The molecule has 2 amide bonds. The molecule has 0 aromatic heterocycles. The maximum atomic E-state index is 13.4. The van der Waals surface area contributed by atoms with E-state index >= 15 is 0 Å². The summed E-state index contributed by atoms with van der Waals surface area (Å²) in [7, 11) is 0. The van der Waals surface area contributed by atoms with Crippen molar-refractivity contribution in [3.63, 3.8) is 0 Å². The lowest BCUT2D eigenvalue weighted by molar-refractivity contribution is -0.137. The molecule has 3 aromatic rings. The van der Waals surface area contributed by atoms with Crippen LogP contribution in [0.2, 0.25) is 0 Å². The summed E-state index contributed by atoms with van der Waals surface area (Å²) in [6.07, 6.45) is -3.91. The molecule has 1 heterocycles. The second kappa shape index (κ2) is 10.9. The monoisotopic (exact) mass is 526 g/mol. The third kappa shape index (κ3) is 5.86. The summed E-state index contributed by atoms with van der Waals surface area (Å²) in [6.45, 7) is 2.13. The number of halogens is 3. The van der Waals surface area contributed by atoms with E-state index in [4.69, 9.17) is 4.74 Å². The van der Waals surface area contributed by atoms with Gasteiger partial charge in [0.1, 0.15) is 10.6 Å². The number of anilines is 2. The van der Waals surface area contributed by atoms with Gasteiger partial charge >= 0.3 is 12.1 Å². The lowest BCUT2D eigenvalue weighted by atomic mass is 10.2. The van der Waals surface area contributed by atoms with Crippen molar-refractivity contribution in [2.45, 2.75) is 24.4 Å². The number of ether oxygens (including phenoxy) is 1. The van der Waals surface area contributed by atoms with Crippen LogP contribution in [0.1, 0.15) is 29.3 Å². The molecule has 0 spiro atoms. The predicted octanol–water partition coefficient (Wildman–Crippen LogP) is 6.26. The topological polar surface area (TPSA) is 75.7 Å². The van der Waals surface area contributed by atoms with Gasteiger partial charge in [-0.2, -0.15) is 13.2 Å². The number of nitrogens with zero attached hydrogens (tertiary/aromatic N) is 1. The van der Waals surface area contributed by atoms with E-state index in [2.05, 4.69) is 5.32 Å². The lowest BCUT2D eigenvalue weighted by Gasteiger charge is -2.16. The van der Waals surface area contributed by atoms with Crippen molar-refractivity contribution in [1.82, 2.24) is 0 Å². The summed E-state index contributed by atoms with van der Waals surface area (Å²) in [4.78, 5) is 40.6. The van der Waals surface area contributed by atoms with Crippen LogP contribution in [0.5, 0.6) is 0 Å². The molecule has 0 saturated carbocycles. The number of nitrogens with one attached hydrogen (secondary N) is 1. The summed E-state index contributed by atoms with van der Waals surface area (Å²) in [6, 6.07) is 19.0. The van der Waals surface area contributed by atoms with Gasteiger partial charge in [-0.25, -0.2) is 9.69 Å². The number of benzene rings is 3. The molecule has 37 heavy (non-hydrogen) atoms. The Morgan fingerprint density at radius 1 is 0.946 bits per heavy atom. The van der Waals surface area contributed by atoms with Crippen LogP contribution in [-0.4, -0.2) is 24.4 Å². The smallest absolute Gasteiger partial charge is 0.416 e. The van der Waals surface area contributed by atoms with E-state index in [9.17, 15) is 27.6 Å². The van der Waals surface area contributed by atoms with Crippen LogP contribution in [0, 0.1) is 0 Å². The number of hydrogen-bond acceptors (Lipinski definition) is 6. The van der Waals surface area contributed by atoms with Gasteiger partial charge in [-0.15, -0.1) is 0 Å². The second-order valence-electron chi connectivity index (χ2n) is 7.95. The average Bonchev–Trinajstić information content (AvgIpc) is 3.11. The Balaban J connectivity index is 1.67. The third-order valence-corrected chi connectivity index (χ3v) is 6.35. The number of hydrogen-bond donors (Lipinski definition) is 1. The highest BCUT2D eigenvalue weighted by molar-refractivity contribution is 8.04. The number of imide groups is 1. The minimum Gasteiger partial charge on any atom is -0.462 e. The van der Waals surface area contributed by atoms with E-state index in [1.54, 1.807) is 30.3 Å². The fraction of sp³-hybridized carbons (Fsp3) is 0.148. The molecule has 0 saturated heterocycles. The summed E-state index contributed by atoms with van der Waals surface area (Å²) in [5.74, 6) is -1.91. The van der Waals surface area contributed by atoms with E-state index in [-0.39, 0.29) is 34.1 Å². The first-order valence-corrected chi connectivity index (χ1v) is 12.1. The first-order valence-electron chi connectivity index (χ1n) is 11.3. The molecule has 0 aliphatic carbocycles. The number of rotatable bonds is 8. The van der Waals surface area contributed by atoms with Crippen molar-refractivity contribution in [3.8, 4) is 0 Å². The largest absolute Gasteiger partial charge is 0.462 e. The fourth-order valence-electron chi connectivity index (χ4n) is 3.50. The molecule has 190 valence electrons. The molecular weight excluding hydrogens is 505 g/mol. The van der Waals surface area contributed by atoms with Crippen molar-refractivity contribution in [2.75, 3.05) is 16.8 Å². The zero-order valence-electron chi connectivity index (χ0n) is 19.5. The number of esters is 1. The third-order valence-electron chi connectivity index (χ3n) is 5.26. The summed E-state index contributed by atoms with van der Waals surface area (Å²) in [5, 5.41) is 2.73. The van der Waals surface area contributed by atoms with Gasteiger partial charge in [0.05, 0.1) is 23.4 Å². The Kier molecular flexibility index (Phi) is 7.68. The highest BCUT2D eigenvalue weighted by Gasteiger charge is 2.40. The van der Waals surface area contributed by atoms with Gasteiger partial charge < -0.3 is 10.1 Å². The van der Waals surface area contributed by atoms with E-state index in [1.165, 1.54) is 36.4 Å². The van der Waals surface area contributed by atoms with Gasteiger partial charge in [-0.1, -0.05) is 43.0 Å². The van der Waals surface area contributed by atoms with Crippen LogP contribution in [0.25, 0.3) is 0 Å². The van der Waals surface area contributed by atoms with Crippen LogP contribution >= 0.6 is 11.8 Å². The highest BCUT2D eigenvalue weighted by atomic mass is 32.2. The number of thioether (sulfide) groups is 1. The van der Waals surface area contributed by atoms with E-state index < -0.39 is 29.5 Å². The summed E-state index contributed by atoms with van der Waals surface area (Å²) in [5.41, 5.74) is -0.577. The molecular formula is C27H21F3N2O4S. The van der Waals surface area contributed by atoms with Crippen LogP contribution in [0.3, 0.4) is 0 Å². The van der Waals surface area contributed by atoms with Crippen molar-refractivity contribution in [3.05, 3.63) is 101 Å². The molecule has 1 aliphatic heterocycles. The number of carbonyl (C=O) groups excluding carboxylic acids is 3. The SMILES string of the molecule is CCCOC(=O)c1ccc(N2C(=O)C(Nc3cccc(C(F)(F)F)c3)=C(Sc3ccccc3)C2=O)cc1. The molecule has 3 aromatic carbocycles. The van der Waals surface area contributed by atoms with Crippen LogP contribution in [0.15, 0.2) is 94.4 Å². The van der Waals surface area contributed by atoms with Crippen LogP contribution in [-0.2, 0) is 20.5 Å². The first kappa shape index (κ1) is 26.0. The number of carbonyl (C=O) groups is 3. The van der Waals surface area contributed by atoms with E-state index in [0.29, 0.717) is 11.3 Å². The Morgan fingerprint density at radius 3 is 2.30 bits per heavy atom. The maximum Gasteiger partial charge on any atom is 0.416 e. The van der Waals surface area contributed by atoms with Crippen LogP contribution in [0.4, 0.5) is 24.5 Å². The van der Waals surface area contributed by atoms with Crippen molar-refractivity contribution < 1.29 is 32.3 Å². The van der Waals surface area contributed by atoms with Crippen molar-refractivity contribution in [1.29, 1.82) is 0 Å². The molecule has 6 nitrogen and oxygen atoms in total. The lowest BCUT2D eigenvalue weighted by Crippen LogP contribution is -2.32. The number of amides is 2. The van der Waals surface area contributed by atoms with Gasteiger partial charge in [0.2, 0.25) is 0 Å². The van der Waals surface area contributed by atoms with Gasteiger partial charge in [-0.05, 0) is 61.0 Å². The molecule has 0 radical (unpaired) electrons. The minimum absolute atomic E-state index is 0.00741. The molecule has 0 unspecified atom stereocenters. The Labute approximate surface area is 215 Å². The molecule has 1 aliphatic rings. The van der Waals surface area contributed by atoms with Crippen LogP contribution < -0.4 is 10.2 Å². The highest BCUT2D eigenvalue weighted by Crippen LogP contribution is 2.38. The Bertz CT molecular complexity index is 1360. The molecule has 4 rings (SSSR count). The van der Waals surface area contributed by atoms with Gasteiger partial charge in [-0.3, -0.25) is 9.59 Å². The second-order valence-corrected chi connectivity index (χ2v) is 9.04. The van der Waals surface area contributed by atoms with E-state index in [0.717, 1.165) is 28.8 Å². The Hall–Kier alpha value is -4.05. The quantitative estimate of drug-likeness (QED) is 0.276. The van der Waals surface area contributed by atoms with Gasteiger partial charge in [0.25, 0.3) is 11.8 Å². The standard InChI is InChI=1S/C27H21F3N2O4S/c1-2-15-36-26(35)17-11-13-20(14-12-17)32-24(33)22(23(25(32)34)37-21-9-4-3-5-10-21)31-19-8-6-7-18(16-19)27(28,29)30/h3-14,16,31H,2,15H2,1H3. The summed E-state index contributed by atoms with van der Waals surface area (Å²) >= 11 is 1.02. The minimum atomic E-state index is -4.57. The molecule has 1 N–H and O–H groups in total. The average molecular weight is 527 g/mol. The number of alkyl halides is 3. The predicted molar refractivity (Wildman–Crippen MR) is 134 cm³/mol. The Morgan fingerprint density at radius 2 is 1.65 bits per heavy atom. The zero-order chi connectivity index (χ0) is 26.6. The van der Waals surface area contributed by atoms with E-state index in [1.807, 2.05) is 6.92 Å². The van der Waals surface area contributed by atoms with Gasteiger partial charge in [0.15, 0.2) is 0 Å². The first-order chi connectivity index (χ1) is 17.7. The van der Waals surface area contributed by atoms with Crippen molar-refractivity contribution >= 4 is 40.9 Å². The fourth-order valence-corrected chi connectivity index (χ4v) is 4.45. The zero-order valence-corrected chi connectivity index (χ0v) is 20.4. The molecule has 0 fully saturated rings. The molecule has 0 bridgehead atoms.